The van der Waals surface area contributed by atoms with Gasteiger partial charge < -0.3 is 109 Å². The van der Waals surface area contributed by atoms with Gasteiger partial charge in [0.25, 0.3) is 0 Å². The molecule has 10 aliphatic rings. The number of rotatable bonds is 11. The highest BCUT2D eigenvalue weighted by Gasteiger charge is 2.83. The minimum Gasteiger partial charge on any atom is -0.458 e. The van der Waals surface area contributed by atoms with Crippen LogP contribution in [-0.2, 0) is 47.4 Å². The second kappa shape index (κ2) is 20.2. The van der Waals surface area contributed by atoms with Crippen LogP contribution in [0.5, 0.6) is 0 Å². The zero-order chi connectivity index (χ0) is 55.2. The van der Waals surface area contributed by atoms with Crippen molar-refractivity contribution in [2.45, 2.75) is 247 Å². The van der Waals surface area contributed by atoms with Crippen molar-refractivity contribution in [1.82, 2.24) is 0 Å². The van der Waals surface area contributed by atoms with Crippen LogP contribution in [0.3, 0.4) is 0 Å². The predicted molar refractivity (Wildman–Crippen MR) is 256 cm³/mol. The second-order valence-electron chi connectivity index (χ2n) is 26.3. The topological polar surface area (TPSA) is 363 Å². The van der Waals surface area contributed by atoms with Crippen molar-refractivity contribution in [2.24, 2.45) is 50.2 Å². The molecule has 0 aromatic heterocycles. The summed E-state index contributed by atoms with van der Waals surface area (Å²) in [5.74, 6) is -0.306. The van der Waals surface area contributed by atoms with E-state index in [1.807, 2.05) is 0 Å². The molecule has 1 spiro atoms. The smallest absolute Gasteiger partial charge is 0.315 e. The van der Waals surface area contributed by atoms with E-state index in [1.165, 1.54) is 6.92 Å². The first-order valence-electron chi connectivity index (χ1n) is 27.7. The Morgan fingerprint density at radius 1 is 0.553 bits per heavy atom. The third kappa shape index (κ3) is 8.40. The largest absolute Gasteiger partial charge is 0.458 e. The van der Waals surface area contributed by atoms with Crippen molar-refractivity contribution in [3.8, 4) is 0 Å². The molecule has 10 fully saturated rings. The van der Waals surface area contributed by atoms with Crippen LogP contribution in [0.1, 0.15) is 113 Å². The van der Waals surface area contributed by atoms with Gasteiger partial charge in [0.1, 0.15) is 96.5 Å². The van der Waals surface area contributed by atoms with Crippen molar-refractivity contribution < 1.29 is 114 Å². The predicted octanol–water partition coefficient (Wildman–Crippen LogP) is -2.18. The van der Waals surface area contributed by atoms with Gasteiger partial charge in [-0.25, -0.2) is 0 Å². The molecule has 5 saturated heterocycles. The Morgan fingerprint density at radius 3 is 1.79 bits per heavy atom. The van der Waals surface area contributed by atoms with Gasteiger partial charge in [0.05, 0.1) is 38.1 Å². The van der Waals surface area contributed by atoms with Crippen LogP contribution in [0.2, 0.25) is 0 Å². The van der Waals surface area contributed by atoms with Crippen molar-refractivity contribution in [2.75, 3.05) is 26.4 Å². The van der Waals surface area contributed by atoms with Crippen molar-refractivity contribution in [1.29, 1.82) is 0 Å². The number of aliphatic hydroxyl groups is 13. The fraction of sp³-hybridized carbons (Fsp3) is 0.981. The summed E-state index contributed by atoms with van der Waals surface area (Å²) in [6, 6.07) is 0. The average Bonchev–Trinajstić information content (AvgIpc) is 3.83. The Hall–Kier alpha value is -1.37. The standard InChI is InChI=1S/C53H86O23/c1-22-31(58)35(62)38(65)42(69-22)75-41-37(64)33(60)24(19-55)71-45(41)72-25-20-68-44(40(34(25)61)74-43-39(66)36(63)32(59)23(18-54)70-43)73-30-10-11-49(5)26(47(30,2)3)8-12-50(6)27(49)9-13-53-28-16-48(4,21-56)14-15-52(28,46(67)76-53)29(57)17-51(50,53)7/h22-45,54-66H,8-21H2,1-7H3. The third-order valence-corrected chi connectivity index (χ3v) is 22.3. The highest BCUT2D eigenvalue weighted by atomic mass is 16.8. The zero-order valence-electron chi connectivity index (χ0n) is 44.7. The summed E-state index contributed by atoms with van der Waals surface area (Å²) in [6.45, 7) is 12.7. The van der Waals surface area contributed by atoms with Crippen LogP contribution in [-0.4, -0.2) is 233 Å². The molecule has 0 aromatic carbocycles. The highest BCUT2D eigenvalue weighted by molar-refractivity contribution is 5.82. The maximum atomic E-state index is 14.2. The number of ether oxygens (including phenoxy) is 9. The number of carbonyl (C=O) groups is 1. The van der Waals surface area contributed by atoms with E-state index in [0.29, 0.717) is 44.9 Å². The normalized spacial score (nSPS) is 57.9. The molecule has 2 bridgehead atoms. The van der Waals surface area contributed by atoms with Gasteiger partial charge in [-0.3, -0.25) is 4.79 Å². The molecule has 5 saturated carbocycles. The first-order valence-corrected chi connectivity index (χ1v) is 27.7. The summed E-state index contributed by atoms with van der Waals surface area (Å²) in [4.78, 5) is 14.2. The number of hydrogen-bond donors (Lipinski definition) is 13. The van der Waals surface area contributed by atoms with E-state index < -0.39 is 176 Å². The molecule has 30 atom stereocenters. The van der Waals surface area contributed by atoms with Gasteiger partial charge in [-0.2, -0.15) is 0 Å². The minimum absolute atomic E-state index is 0.00855. The Morgan fingerprint density at radius 2 is 1.14 bits per heavy atom. The Balaban J connectivity index is 0.906. The lowest BCUT2D eigenvalue weighted by atomic mass is 9.30. The van der Waals surface area contributed by atoms with E-state index in [-0.39, 0.29) is 41.2 Å². The van der Waals surface area contributed by atoms with E-state index in [1.54, 1.807) is 0 Å². The maximum Gasteiger partial charge on any atom is 0.315 e. The Labute approximate surface area is 442 Å². The number of fused-ring (bicyclic) bond motifs is 4. The number of hydrogen-bond acceptors (Lipinski definition) is 23. The highest BCUT2D eigenvalue weighted by Crippen LogP contribution is 2.81. The van der Waals surface area contributed by atoms with Crippen LogP contribution >= 0.6 is 0 Å². The summed E-state index contributed by atoms with van der Waals surface area (Å²) >= 11 is 0. The fourth-order valence-corrected chi connectivity index (χ4v) is 17.6. The molecule has 5 heterocycles. The molecular formula is C53H86O23. The average molecular weight is 1090 g/mol. The molecule has 76 heavy (non-hydrogen) atoms. The lowest BCUT2D eigenvalue weighted by molar-refractivity contribution is -0.394. The fourth-order valence-electron chi connectivity index (χ4n) is 17.6. The number of carbonyl (C=O) groups excluding carboxylic acids is 1. The molecule has 23 heteroatoms. The van der Waals surface area contributed by atoms with Crippen LogP contribution < -0.4 is 0 Å². The summed E-state index contributed by atoms with van der Waals surface area (Å²) in [7, 11) is 0. The summed E-state index contributed by atoms with van der Waals surface area (Å²) in [6.07, 6.45) is -26.4. The van der Waals surface area contributed by atoms with Crippen molar-refractivity contribution in [3.05, 3.63) is 0 Å². The van der Waals surface area contributed by atoms with Gasteiger partial charge in [0, 0.05) is 17.9 Å². The summed E-state index contributed by atoms with van der Waals surface area (Å²) in [5.41, 5.74) is -3.94. The van der Waals surface area contributed by atoms with Gasteiger partial charge >= 0.3 is 5.97 Å². The first kappa shape index (κ1) is 57.8. The van der Waals surface area contributed by atoms with Gasteiger partial charge in [-0.1, -0.05) is 41.5 Å². The molecule has 5 aliphatic heterocycles. The number of aliphatic hydroxyl groups excluding tert-OH is 13. The van der Waals surface area contributed by atoms with Crippen molar-refractivity contribution >= 4 is 5.97 Å². The molecule has 23 nitrogen and oxygen atoms in total. The number of esters is 1. The van der Waals surface area contributed by atoms with Gasteiger partial charge in [0.15, 0.2) is 25.2 Å². The maximum absolute atomic E-state index is 14.2. The molecule has 10 rings (SSSR count). The first-order chi connectivity index (χ1) is 35.6. The summed E-state index contributed by atoms with van der Waals surface area (Å²) in [5, 5.41) is 142. The van der Waals surface area contributed by atoms with E-state index in [4.69, 9.17) is 42.6 Å². The molecule has 0 radical (unpaired) electrons. The molecule has 13 N–H and O–H groups in total. The monoisotopic (exact) mass is 1090 g/mol. The lowest BCUT2D eigenvalue weighted by Gasteiger charge is -2.74. The minimum atomic E-state index is -1.90. The SMILES string of the molecule is CC1OC(OC2C(OC3COC(OC4CCC5(C)C(CCC6(C)C5CCC57OC(=O)C8(CCC(C)(CO)CC85)C(O)CC67C)C4(C)C)C(OC4OC(CO)C(O)C(O)C4O)C3O)OC(CO)C(O)C2O)C(O)C(O)C1O. The van der Waals surface area contributed by atoms with Crippen LogP contribution in [0.4, 0.5) is 0 Å². The second-order valence-corrected chi connectivity index (χ2v) is 26.3. The van der Waals surface area contributed by atoms with Crippen molar-refractivity contribution in [3.63, 3.8) is 0 Å². The quantitative estimate of drug-likeness (QED) is 0.0772. The Kier molecular flexibility index (Phi) is 15.4. The van der Waals surface area contributed by atoms with Gasteiger partial charge in [-0.05, 0) is 105 Å². The third-order valence-electron chi connectivity index (χ3n) is 22.3. The molecule has 5 aliphatic carbocycles. The molecular weight excluding hydrogens is 1000 g/mol. The molecule has 436 valence electrons. The molecule has 30 unspecified atom stereocenters. The molecule has 0 aromatic rings. The van der Waals surface area contributed by atoms with E-state index >= 15 is 0 Å². The zero-order valence-corrected chi connectivity index (χ0v) is 44.7. The lowest BCUT2D eigenvalue weighted by Crippen LogP contribution is -2.74. The van der Waals surface area contributed by atoms with Crippen LogP contribution in [0.25, 0.3) is 0 Å². The van der Waals surface area contributed by atoms with E-state index in [0.717, 1.165) is 19.3 Å². The van der Waals surface area contributed by atoms with Crippen LogP contribution in [0.15, 0.2) is 0 Å². The molecule has 0 amide bonds. The summed E-state index contributed by atoms with van der Waals surface area (Å²) < 4.78 is 55.8. The van der Waals surface area contributed by atoms with E-state index in [2.05, 4.69) is 41.5 Å². The van der Waals surface area contributed by atoms with Crippen LogP contribution in [0, 0.1) is 50.2 Å². The van der Waals surface area contributed by atoms with Gasteiger partial charge in [-0.15, -0.1) is 0 Å². The van der Waals surface area contributed by atoms with E-state index in [9.17, 15) is 71.2 Å². The Bertz CT molecular complexity index is 2100. The van der Waals surface area contributed by atoms with Gasteiger partial charge in [0.2, 0.25) is 0 Å².